The fourth-order valence-electron chi connectivity index (χ4n) is 3.00. The van der Waals surface area contributed by atoms with Crippen LogP contribution in [0.2, 0.25) is 0 Å². The summed E-state index contributed by atoms with van der Waals surface area (Å²) in [5.41, 5.74) is 3.71. The zero-order valence-electron chi connectivity index (χ0n) is 13.3. The fourth-order valence-corrected chi connectivity index (χ4v) is 4.12. The number of fused-ring (bicyclic) bond motifs is 1. The van der Waals surface area contributed by atoms with Crippen LogP contribution in [0.4, 0.5) is 5.13 Å². The van der Waals surface area contributed by atoms with E-state index in [-0.39, 0.29) is 0 Å². The lowest BCUT2D eigenvalue weighted by Gasteiger charge is -2.34. The van der Waals surface area contributed by atoms with E-state index < -0.39 is 0 Å². The molecule has 0 spiro atoms. The van der Waals surface area contributed by atoms with Crippen LogP contribution in [-0.2, 0) is 6.54 Å². The van der Waals surface area contributed by atoms with Crippen molar-refractivity contribution in [3.05, 3.63) is 53.9 Å². The Labute approximate surface area is 140 Å². The molecule has 23 heavy (non-hydrogen) atoms. The minimum atomic E-state index is 0.987. The molecule has 1 fully saturated rings. The van der Waals surface area contributed by atoms with Crippen LogP contribution in [0.1, 0.15) is 11.1 Å². The minimum absolute atomic E-state index is 0.987. The maximum Gasteiger partial charge on any atom is 0.186 e. The summed E-state index contributed by atoms with van der Waals surface area (Å²) in [6.45, 7) is 7.35. The molecule has 0 amide bonds. The highest BCUT2D eigenvalue weighted by atomic mass is 32.1. The van der Waals surface area contributed by atoms with Gasteiger partial charge in [-0.1, -0.05) is 23.5 Å². The molecule has 4 nitrogen and oxygen atoms in total. The van der Waals surface area contributed by atoms with E-state index in [4.69, 9.17) is 4.98 Å². The lowest BCUT2D eigenvalue weighted by Crippen LogP contribution is -2.45. The number of benzene rings is 1. The molecule has 1 aliphatic rings. The first-order valence-corrected chi connectivity index (χ1v) is 8.83. The molecule has 2 aromatic heterocycles. The average molecular weight is 324 g/mol. The topological polar surface area (TPSA) is 32.3 Å². The zero-order chi connectivity index (χ0) is 15.6. The molecule has 118 valence electrons. The SMILES string of the molecule is Cc1ccc2nc(N3CCN(Cc4cccnc4)CC3)sc2c1. The zero-order valence-corrected chi connectivity index (χ0v) is 14.1. The van der Waals surface area contributed by atoms with Crippen molar-refractivity contribution >= 4 is 26.7 Å². The maximum absolute atomic E-state index is 4.80. The van der Waals surface area contributed by atoms with E-state index in [9.17, 15) is 0 Å². The number of piperazine rings is 1. The molecule has 0 aliphatic carbocycles. The van der Waals surface area contributed by atoms with Crippen molar-refractivity contribution in [2.75, 3.05) is 31.1 Å². The first-order chi connectivity index (χ1) is 11.3. The lowest BCUT2D eigenvalue weighted by atomic mass is 10.2. The van der Waals surface area contributed by atoms with Crippen molar-refractivity contribution in [2.24, 2.45) is 0 Å². The third kappa shape index (κ3) is 3.21. The number of nitrogens with zero attached hydrogens (tertiary/aromatic N) is 4. The van der Waals surface area contributed by atoms with Crippen LogP contribution >= 0.6 is 11.3 Å². The standard InChI is InChI=1S/C18H20N4S/c1-14-4-5-16-17(11-14)23-18(20-16)22-9-7-21(8-10-22)13-15-3-2-6-19-12-15/h2-6,11-12H,7-10,13H2,1H3. The van der Waals surface area contributed by atoms with Gasteiger partial charge < -0.3 is 4.90 Å². The summed E-state index contributed by atoms with van der Waals surface area (Å²) in [4.78, 5) is 13.9. The molecule has 1 saturated heterocycles. The molecule has 0 unspecified atom stereocenters. The molecule has 0 radical (unpaired) electrons. The molecular formula is C18H20N4S. The van der Waals surface area contributed by atoms with Crippen LogP contribution in [0.5, 0.6) is 0 Å². The third-order valence-electron chi connectivity index (χ3n) is 4.30. The summed E-state index contributed by atoms with van der Waals surface area (Å²) < 4.78 is 1.29. The van der Waals surface area contributed by atoms with Crippen LogP contribution in [0.15, 0.2) is 42.7 Å². The Hall–Kier alpha value is -1.98. The van der Waals surface area contributed by atoms with Crippen LogP contribution in [-0.4, -0.2) is 41.0 Å². The molecule has 5 heteroatoms. The predicted octanol–water partition coefficient (Wildman–Crippen LogP) is 3.32. The van der Waals surface area contributed by atoms with Gasteiger partial charge in [-0.05, 0) is 36.2 Å². The fraction of sp³-hybridized carbons (Fsp3) is 0.333. The third-order valence-corrected chi connectivity index (χ3v) is 5.38. The summed E-state index contributed by atoms with van der Waals surface area (Å²) in [7, 11) is 0. The largest absolute Gasteiger partial charge is 0.345 e. The van der Waals surface area contributed by atoms with Gasteiger partial charge in [0.15, 0.2) is 5.13 Å². The Morgan fingerprint density at radius 3 is 2.78 bits per heavy atom. The second kappa shape index (κ2) is 6.26. The van der Waals surface area contributed by atoms with Crippen molar-refractivity contribution in [3.63, 3.8) is 0 Å². The Kier molecular flexibility index (Phi) is 3.97. The molecular weight excluding hydrogens is 304 g/mol. The number of pyridine rings is 1. The van der Waals surface area contributed by atoms with Gasteiger partial charge in [0.05, 0.1) is 10.2 Å². The predicted molar refractivity (Wildman–Crippen MR) is 96.1 cm³/mol. The van der Waals surface area contributed by atoms with E-state index in [0.29, 0.717) is 0 Å². The van der Waals surface area contributed by atoms with E-state index in [2.05, 4.69) is 46.0 Å². The summed E-state index contributed by atoms with van der Waals surface area (Å²) >= 11 is 1.81. The van der Waals surface area contributed by atoms with Gasteiger partial charge in [-0.2, -0.15) is 0 Å². The highest BCUT2D eigenvalue weighted by Crippen LogP contribution is 2.30. The lowest BCUT2D eigenvalue weighted by molar-refractivity contribution is 0.249. The summed E-state index contributed by atoms with van der Waals surface area (Å²) in [6, 6.07) is 10.7. The quantitative estimate of drug-likeness (QED) is 0.740. The van der Waals surface area contributed by atoms with Crippen molar-refractivity contribution in [1.29, 1.82) is 0 Å². The van der Waals surface area contributed by atoms with Gasteiger partial charge in [-0.3, -0.25) is 9.88 Å². The van der Waals surface area contributed by atoms with Crippen molar-refractivity contribution in [3.8, 4) is 0 Å². The molecule has 0 bridgehead atoms. The van der Waals surface area contributed by atoms with Gasteiger partial charge in [0.25, 0.3) is 0 Å². The van der Waals surface area contributed by atoms with E-state index in [1.54, 1.807) is 0 Å². The molecule has 1 aromatic carbocycles. The number of anilines is 1. The number of rotatable bonds is 3. The monoisotopic (exact) mass is 324 g/mol. The van der Waals surface area contributed by atoms with E-state index in [1.807, 2.05) is 29.8 Å². The van der Waals surface area contributed by atoms with E-state index >= 15 is 0 Å². The Morgan fingerprint density at radius 2 is 2.00 bits per heavy atom. The Morgan fingerprint density at radius 1 is 1.13 bits per heavy atom. The van der Waals surface area contributed by atoms with E-state index in [1.165, 1.54) is 15.8 Å². The highest BCUT2D eigenvalue weighted by molar-refractivity contribution is 7.22. The van der Waals surface area contributed by atoms with Crippen LogP contribution in [0.25, 0.3) is 10.2 Å². The Balaban J connectivity index is 1.42. The number of aromatic nitrogens is 2. The molecule has 1 aliphatic heterocycles. The number of hydrogen-bond acceptors (Lipinski definition) is 5. The molecule has 0 N–H and O–H groups in total. The number of aryl methyl sites for hydroxylation is 1. The van der Waals surface area contributed by atoms with Crippen molar-refractivity contribution in [1.82, 2.24) is 14.9 Å². The number of hydrogen-bond donors (Lipinski definition) is 0. The van der Waals surface area contributed by atoms with Gasteiger partial charge >= 0.3 is 0 Å². The smallest absolute Gasteiger partial charge is 0.186 e. The summed E-state index contributed by atoms with van der Waals surface area (Å²) in [5.74, 6) is 0. The first-order valence-electron chi connectivity index (χ1n) is 8.01. The second-order valence-corrected chi connectivity index (χ2v) is 7.10. The van der Waals surface area contributed by atoms with Crippen molar-refractivity contribution < 1.29 is 0 Å². The molecule has 3 aromatic rings. The van der Waals surface area contributed by atoms with Gasteiger partial charge in [-0.15, -0.1) is 0 Å². The highest BCUT2D eigenvalue weighted by Gasteiger charge is 2.19. The first kappa shape index (κ1) is 14.6. The molecule has 3 heterocycles. The van der Waals surface area contributed by atoms with Gasteiger partial charge in [0.1, 0.15) is 0 Å². The Bertz CT molecular complexity index is 791. The van der Waals surface area contributed by atoms with Crippen LogP contribution in [0.3, 0.4) is 0 Å². The normalized spacial score (nSPS) is 16.1. The second-order valence-electron chi connectivity index (χ2n) is 6.09. The van der Waals surface area contributed by atoms with E-state index in [0.717, 1.165) is 43.4 Å². The van der Waals surface area contributed by atoms with Gasteiger partial charge in [0.2, 0.25) is 0 Å². The molecule has 0 atom stereocenters. The average Bonchev–Trinajstić information content (AvgIpc) is 2.99. The van der Waals surface area contributed by atoms with Crippen molar-refractivity contribution in [2.45, 2.75) is 13.5 Å². The summed E-state index contributed by atoms with van der Waals surface area (Å²) in [5, 5.41) is 1.16. The van der Waals surface area contributed by atoms with Crippen LogP contribution < -0.4 is 4.90 Å². The van der Waals surface area contributed by atoms with Gasteiger partial charge in [0, 0.05) is 45.1 Å². The molecule has 4 rings (SSSR count). The minimum Gasteiger partial charge on any atom is -0.345 e. The maximum atomic E-state index is 4.80. The number of thiazole rings is 1. The molecule has 0 saturated carbocycles. The summed E-state index contributed by atoms with van der Waals surface area (Å²) in [6.07, 6.45) is 3.79. The van der Waals surface area contributed by atoms with Crippen LogP contribution in [0, 0.1) is 6.92 Å². The van der Waals surface area contributed by atoms with Gasteiger partial charge in [-0.25, -0.2) is 4.98 Å².